The van der Waals surface area contributed by atoms with E-state index in [0.717, 1.165) is 31.2 Å². The molecule has 0 fully saturated rings. The summed E-state index contributed by atoms with van der Waals surface area (Å²) in [5.41, 5.74) is 2.36. The van der Waals surface area contributed by atoms with Crippen molar-refractivity contribution in [1.29, 1.82) is 0 Å². The van der Waals surface area contributed by atoms with Crippen LogP contribution in [0.15, 0.2) is 23.1 Å². The summed E-state index contributed by atoms with van der Waals surface area (Å²) in [6.45, 7) is -0.154. The molecular weight excluding hydrogens is 278 g/mol. The second kappa shape index (κ2) is 6.67. The summed E-state index contributed by atoms with van der Waals surface area (Å²) in [4.78, 5) is 0.257. The molecule has 1 aliphatic carbocycles. The molecule has 0 heterocycles. The zero-order chi connectivity index (χ0) is 14.6. The van der Waals surface area contributed by atoms with Gasteiger partial charge in [-0.15, -0.1) is 0 Å². The van der Waals surface area contributed by atoms with Crippen LogP contribution in [0.25, 0.3) is 0 Å². The lowest BCUT2D eigenvalue weighted by Crippen LogP contribution is -2.40. The zero-order valence-corrected chi connectivity index (χ0v) is 12.4. The highest BCUT2D eigenvalue weighted by atomic mass is 32.2. The Balaban J connectivity index is 2.20. The first-order valence-electron chi connectivity index (χ1n) is 6.81. The smallest absolute Gasteiger partial charge is 0.240 e. The van der Waals surface area contributed by atoms with Gasteiger partial charge in [0, 0.05) is 7.11 Å². The van der Waals surface area contributed by atoms with Gasteiger partial charge in [0.05, 0.1) is 24.2 Å². The molecule has 0 saturated heterocycles. The van der Waals surface area contributed by atoms with E-state index in [2.05, 4.69) is 4.72 Å². The van der Waals surface area contributed by atoms with Crippen LogP contribution in [0.5, 0.6) is 0 Å². The van der Waals surface area contributed by atoms with Crippen molar-refractivity contribution in [3.8, 4) is 0 Å². The predicted octanol–water partition coefficient (Wildman–Crippen LogP) is 0.851. The standard InChI is InChI=1S/C14H21NO4S/c1-19-10-13(9-16)15-20(17,18)14-7-6-11-4-2-3-5-12(11)8-14/h6-8,13,15-16H,2-5,9-10H2,1H3. The number of rotatable bonds is 6. The van der Waals surface area contributed by atoms with Crippen molar-refractivity contribution in [3.63, 3.8) is 0 Å². The normalized spacial score (nSPS) is 16.7. The summed E-state index contributed by atoms with van der Waals surface area (Å²) in [5, 5.41) is 9.15. The average molecular weight is 299 g/mol. The summed E-state index contributed by atoms with van der Waals surface area (Å²) < 4.78 is 31.9. The van der Waals surface area contributed by atoms with Gasteiger partial charge < -0.3 is 9.84 Å². The number of methoxy groups -OCH3 is 1. The fourth-order valence-electron chi connectivity index (χ4n) is 2.49. The van der Waals surface area contributed by atoms with E-state index in [1.54, 1.807) is 12.1 Å². The van der Waals surface area contributed by atoms with E-state index in [0.29, 0.717) is 0 Å². The van der Waals surface area contributed by atoms with E-state index in [1.165, 1.54) is 12.7 Å². The van der Waals surface area contributed by atoms with E-state index >= 15 is 0 Å². The van der Waals surface area contributed by atoms with Crippen LogP contribution in [0.3, 0.4) is 0 Å². The lowest BCUT2D eigenvalue weighted by Gasteiger charge is -2.19. The van der Waals surface area contributed by atoms with Crippen molar-refractivity contribution in [2.45, 2.75) is 36.6 Å². The van der Waals surface area contributed by atoms with Crippen LogP contribution >= 0.6 is 0 Å². The lowest BCUT2D eigenvalue weighted by atomic mass is 9.92. The van der Waals surface area contributed by atoms with Gasteiger partial charge in [0.2, 0.25) is 10.0 Å². The maximum Gasteiger partial charge on any atom is 0.240 e. The van der Waals surface area contributed by atoms with Gasteiger partial charge in [-0.3, -0.25) is 0 Å². The fourth-order valence-corrected chi connectivity index (χ4v) is 3.75. The van der Waals surface area contributed by atoms with Crippen molar-refractivity contribution in [2.24, 2.45) is 0 Å². The SMILES string of the molecule is COCC(CO)NS(=O)(=O)c1ccc2c(c1)CCCC2. The van der Waals surface area contributed by atoms with Crippen LogP contribution in [0, 0.1) is 0 Å². The molecule has 2 N–H and O–H groups in total. The van der Waals surface area contributed by atoms with Gasteiger partial charge >= 0.3 is 0 Å². The predicted molar refractivity (Wildman–Crippen MR) is 76.2 cm³/mol. The number of fused-ring (bicyclic) bond motifs is 1. The number of nitrogens with one attached hydrogen (secondary N) is 1. The molecule has 1 aromatic rings. The fraction of sp³-hybridized carbons (Fsp3) is 0.571. The van der Waals surface area contributed by atoms with E-state index in [-0.39, 0.29) is 18.1 Å². The first-order chi connectivity index (χ1) is 9.56. The van der Waals surface area contributed by atoms with E-state index in [1.807, 2.05) is 6.07 Å². The number of aliphatic hydroxyl groups excluding tert-OH is 1. The molecule has 0 radical (unpaired) electrons. The number of aliphatic hydroxyl groups is 1. The average Bonchev–Trinajstić information content (AvgIpc) is 2.46. The van der Waals surface area contributed by atoms with Crippen LogP contribution < -0.4 is 4.72 Å². The monoisotopic (exact) mass is 299 g/mol. The van der Waals surface area contributed by atoms with Gasteiger partial charge in [0.25, 0.3) is 0 Å². The Hall–Kier alpha value is -0.950. The summed E-state index contributed by atoms with van der Waals surface area (Å²) in [7, 11) is -2.15. The minimum Gasteiger partial charge on any atom is -0.395 e. The Morgan fingerprint density at radius 1 is 1.30 bits per heavy atom. The second-order valence-electron chi connectivity index (χ2n) is 5.09. The highest BCUT2D eigenvalue weighted by Crippen LogP contribution is 2.24. The third-order valence-corrected chi connectivity index (χ3v) is 5.06. The minimum absolute atomic E-state index is 0.140. The molecule has 20 heavy (non-hydrogen) atoms. The molecule has 1 unspecified atom stereocenters. The largest absolute Gasteiger partial charge is 0.395 e. The molecule has 6 heteroatoms. The van der Waals surface area contributed by atoms with Crippen molar-refractivity contribution in [2.75, 3.05) is 20.3 Å². The number of benzene rings is 1. The Morgan fingerprint density at radius 3 is 2.65 bits per heavy atom. The third-order valence-electron chi connectivity index (χ3n) is 3.54. The zero-order valence-electron chi connectivity index (χ0n) is 11.6. The van der Waals surface area contributed by atoms with Gasteiger partial charge in [0.1, 0.15) is 0 Å². The second-order valence-corrected chi connectivity index (χ2v) is 6.81. The molecule has 0 aromatic heterocycles. The summed E-state index contributed by atoms with van der Waals surface area (Å²) in [6.07, 6.45) is 4.22. The molecule has 0 saturated carbocycles. The number of hydrogen-bond donors (Lipinski definition) is 2. The molecular formula is C14H21NO4S. The molecule has 1 aliphatic rings. The lowest BCUT2D eigenvalue weighted by molar-refractivity contribution is 0.139. The maximum atomic E-state index is 12.3. The Kier molecular flexibility index (Phi) is 5.15. The molecule has 112 valence electrons. The highest BCUT2D eigenvalue weighted by Gasteiger charge is 2.21. The molecule has 0 amide bonds. The van der Waals surface area contributed by atoms with Crippen molar-refractivity contribution < 1.29 is 18.3 Å². The topological polar surface area (TPSA) is 75.6 Å². The summed E-state index contributed by atoms with van der Waals surface area (Å²) in [5.74, 6) is 0. The van der Waals surface area contributed by atoms with Crippen molar-refractivity contribution >= 4 is 10.0 Å². The molecule has 5 nitrogen and oxygen atoms in total. The molecule has 1 aromatic carbocycles. The van der Waals surface area contributed by atoms with Gasteiger partial charge in [-0.05, 0) is 48.9 Å². The molecule has 0 spiro atoms. The van der Waals surface area contributed by atoms with Crippen LogP contribution in [0.1, 0.15) is 24.0 Å². The van der Waals surface area contributed by atoms with Crippen molar-refractivity contribution in [3.05, 3.63) is 29.3 Å². The molecule has 1 atom stereocenters. The number of aryl methyl sites for hydroxylation is 2. The third kappa shape index (κ3) is 3.58. The molecule has 0 bridgehead atoms. The maximum absolute atomic E-state index is 12.3. The van der Waals surface area contributed by atoms with Crippen molar-refractivity contribution in [1.82, 2.24) is 4.72 Å². The number of sulfonamides is 1. The Labute approximate surface area is 120 Å². The van der Waals surface area contributed by atoms with Gasteiger partial charge in [-0.2, -0.15) is 0 Å². The van der Waals surface area contributed by atoms with E-state index < -0.39 is 16.1 Å². The summed E-state index contributed by atoms with van der Waals surface area (Å²) in [6, 6.07) is 4.65. The van der Waals surface area contributed by atoms with Gasteiger partial charge in [-0.1, -0.05) is 6.07 Å². The molecule has 2 rings (SSSR count). The van der Waals surface area contributed by atoms with Crippen LogP contribution in [-0.2, 0) is 27.6 Å². The van der Waals surface area contributed by atoms with E-state index in [9.17, 15) is 8.42 Å². The van der Waals surface area contributed by atoms with Gasteiger partial charge in [0.15, 0.2) is 0 Å². The first kappa shape index (κ1) is 15.4. The quantitative estimate of drug-likeness (QED) is 0.816. The first-order valence-corrected chi connectivity index (χ1v) is 8.29. The Morgan fingerprint density at radius 2 is 2.00 bits per heavy atom. The van der Waals surface area contributed by atoms with Gasteiger partial charge in [-0.25, -0.2) is 13.1 Å². The minimum atomic E-state index is -3.62. The number of hydrogen-bond acceptors (Lipinski definition) is 4. The highest BCUT2D eigenvalue weighted by molar-refractivity contribution is 7.89. The van der Waals surface area contributed by atoms with Crippen LogP contribution in [0.2, 0.25) is 0 Å². The van der Waals surface area contributed by atoms with Crippen LogP contribution in [0.4, 0.5) is 0 Å². The number of ether oxygens (including phenoxy) is 1. The summed E-state index contributed by atoms with van der Waals surface area (Å²) >= 11 is 0. The Bertz CT molecular complexity index is 556. The van der Waals surface area contributed by atoms with E-state index in [4.69, 9.17) is 9.84 Å². The van der Waals surface area contributed by atoms with Crippen LogP contribution in [-0.4, -0.2) is 39.9 Å². The molecule has 0 aliphatic heterocycles.